The molecule has 0 radical (unpaired) electrons. The van der Waals surface area contributed by atoms with Gasteiger partial charge < -0.3 is 49.6 Å². The summed E-state index contributed by atoms with van der Waals surface area (Å²) in [6.07, 6.45) is -13.0. The zero-order chi connectivity index (χ0) is 20.3. The van der Waals surface area contributed by atoms with Crippen molar-refractivity contribution in [1.29, 1.82) is 5.26 Å². The lowest BCUT2D eigenvalue weighted by molar-refractivity contribution is -0.314. The van der Waals surface area contributed by atoms with Gasteiger partial charge >= 0.3 is 0 Å². The normalized spacial score (nSPS) is 42.3. The van der Waals surface area contributed by atoms with Crippen molar-refractivity contribution in [1.82, 2.24) is 0 Å². The summed E-state index contributed by atoms with van der Waals surface area (Å²) in [5.74, 6) is -0.106. The topological polar surface area (TPSA) is 182 Å². The Morgan fingerprint density at radius 3 is 2.19 bits per heavy atom. The van der Waals surface area contributed by atoms with Gasteiger partial charge in [-0.05, 0) is 19.4 Å². The van der Waals surface area contributed by atoms with Gasteiger partial charge in [0.1, 0.15) is 48.8 Å². The first-order valence-corrected chi connectivity index (χ1v) is 8.38. The van der Waals surface area contributed by atoms with Crippen molar-refractivity contribution in [3.8, 4) is 6.07 Å². The molecule has 0 aromatic carbocycles. The van der Waals surface area contributed by atoms with E-state index in [9.17, 15) is 30.6 Å². The molecular formula is C16H25NO10. The molecule has 9 unspecified atom stereocenters. The van der Waals surface area contributed by atoms with E-state index in [-0.39, 0.29) is 12.4 Å². The number of rotatable bonds is 5. The second-order valence-electron chi connectivity index (χ2n) is 6.66. The molecule has 2 aliphatic rings. The fourth-order valence-electron chi connectivity index (χ4n) is 2.64. The van der Waals surface area contributed by atoms with Crippen LogP contribution in [0.1, 0.15) is 13.8 Å². The number of nitriles is 1. The van der Waals surface area contributed by atoms with Crippen molar-refractivity contribution in [2.75, 3.05) is 13.2 Å². The average molecular weight is 391 g/mol. The molecule has 2 fully saturated rings. The van der Waals surface area contributed by atoms with Crippen LogP contribution in [0.2, 0.25) is 0 Å². The lowest BCUT2D eigenvalue weighted by atomic mass is 9.99. The maximum absolute atomic E-state index is 10.1. The Labute approximate surface area is 155 Å². The number of aliphatic hydroxyl groups excluding tert-OH is 6. The van der Waals surface area contributed by atoms with Crippen LogP contribution in [0, 0.1) is 11.3 Å². The van der Waals surface area contributed by atoms with E-state index in [1.807, 2.05) is 0 Å². The van der Waals surface area contributed by atoms with Crippen LogP contribution in [0.25, 0.3) is 0 Å². The Kier molecular flexibility index (Phi) is 7.52. The first-order chi connectivity index (χ1) is 12.7. The van der Waals surface area contributed by atoms with Crippen LogP contribution in [-0.4, -0.2) is 99.2 Å². The number of hydrogen-bond donors (Lipinski definition) is 6. The smallest absolute Gasteiger partial charge is 0.230 e. The maximum atomic E-state index is 10.1. The Hall–Kier alpha value is -1.33. The van der Waals surface area contributed by atoms with Gasteiger partial charge in [0, 0.05) is 0 Å². The van der Waals surface area contributed by atoms with Gasteiger partial charge in [0.15, 0.2) is 12.0 Å². The van der Waals surface area contributed by atoms with Crippen molar-refractivity contribution in [3.05, 3.63) is 11.3 Å². The molecule has 0 aliphatic carbocycles. The molecule has 0 aromatic heterocycles. The predicted octanol–water partition coefficient (Wildman–Crippen LogP) is -2.92. The number of allylic oxidation sites excluding steroid dienone is 2. The van der Waals surface area contributed by atoms with E-state index < -0.39 is 61.9 Å². The zero-order valence-corrected chi connectivity index (χ0v) is 14.9. The minimum Gasteiger partial charge on any atom is -0.452 e. The van der Waals surface area contributed by atoms with Gasteiger partial charge in [0.05, 0.1) is 13.2 Å². The molecule has 0 saturated carbocycles. The highest BCUT2D eigenvalue weighted by molar-refractivity contribution is 5.19. The van der Waals surface area contributed by atoms with Crippen LogP contribution in [0.15, 0.2) is 11.3 Å². The molecule has 0 aromatic rings. The van der Waals surface area contributed by atoms with Crippen LogP contribution >= 0.6 is 0 Å². The van der Waals surface area contributed by atoms with Crippen molar-refractivity contribution < 1.29 is 49.6 Å². The molecular weight excluding hydrogens is 366 g/mol. The highest BCUT2D eigenvalue weighted by Crippen LogP contribution is 2.26. The fourth-order valence-corrected chi connectivity index (χ4v) is 2.64. The van der Waals surface area contributed by atoms with Crippen LogP contribution in [0.4, 0.5) is 0 Å². The van der Waals surface area contributed by atoms with E-state index in [2.05, 4.69) is 0 Å². The molecule has 11 heteroatoms. The highest BCUT2D eigenvalue weighted by Gasteiger charge is 2.46. The number of ether oxygens (including phenoxy) is 4. The van der Waals surface area contributed by atoms with Crippen LogP contribution in [0.5, 0.6) is 0 Å². The third kappa shape index (κ3) is 4.94. The standard InChI is InChI=1S/C16H25NO10/c1-6(2)8(3-17)26-16-14(23)12(21)11(20)9(27-16)5-25-15-13(22)10(19)7(18)4-24-15/h7,9-16,18-23H,4-5H2,1-2H3. The SMILES string of the molecule is CC(C)=C(C#N)OC1OC(COC2OCC(O)C(O)C2O)C(O)C(O)C1O. The Morgan fingerprint density at radius 1 is 0.963 bits per heavy atom. The van der Waals surface area contributed by atoms with E-state index in [1.54, 1.807) is 19.9 Å². The Morgan fingerprint density at radius 2 is 1.59 bits per heavy atom. The first kappa shape index (κ1) is 22.0. The van der Waals surface area contributed by atoms with Crippen LogP contribution < -0.4 is 0 Å². The lowest BCUT2D eigenvalue weighted by Gasteiger charge is -2.41. The third-order valence-corrected chi connectivity index (χ3v) is 4.34. The van der Waals surface area contributed by atoms with Crippen molar-refractivity contribution in [2.24, 2.45) is 0 Å². The molecule has 0 spiro atoms. The first-order valence-electron chi connectivity index (χ1n) is 8.38. The summed E-state index contributed by atoms with van der Waals surface area (Å²) in [5, 5.41) is 68.0. The monoisotopic (exact) mass is 391 g/mol. The summed E-state index contributed by atoms with van der Waals surface area (Å²) in [6.45, 7) is 2.56. The summed E-state index contributed by atoms with van der Waals surface area (Å²) >= 11 is 0. The molecule has 9 atom stereocenters. The van der Waals surface area contributed by atoms with Gasteiger partial charge in [-0.2, -0.15) is 5.26 Å². The maximum Gasteiger partial charge on any atom is 0.230 e. The van der Waals surface area contributed by atoms with Gasteiger partial charge in [-0.1, -0.05) is 0 Å². The van der Waals surface area contributed by atoms with Crippen molar-refractivity contribution in [2.45, 2.75) is 69.2 Å². The van der Waals surface area contributed by atoms with Gasteiger partial charge in [0.2, 0.25) is 6.29 Å². The van der Waals surface area contributed by atoms with E-state index in [1.165, 1.54) is 0 Å². The minimum absolute atomic E-state index is 0.106. The molecule has 6 N–H and O–H groups in total. The molecule has 2 heterocycles. The van der Waals surface area contributed by atoms with E-state index in [0.29, 0.717) is 5.57 Å². The summed E-state index contributed by atoms with van der Waals surface area (Å²) in [6, 6.07) is 1.80. The molecule has 0 bridgehead atoms. The fraction of sp³-hybridized carbons (Fsp3) is 0.812. The summed E-state index contributed by atoms with van der Waals surface area (Å²) < 4.78 is 21.0. The van der Waals surface area contributed by atoms with Crippen LogP contribution in [-0.2, 0) is 18.9 Å². The van der Waals surface area contributed by atoms with E-state index in [4.69, 9.17) is 24.2 Å². The summed E-state index contributed by atoms with van der Waals surface area (Å²) in [7, 11) is 0. The van der Waals surface area contributed by atoms with Gasteiger partial charge in [-0.3, -0.25) is 0 Å². The van der Waals surface area contributed by atoms with Crippen LogP contribution in [0.3, 0.4) is 0 Å². The third-order valence-electron chi connectivity index (χ3n) is 4.34. The molecule has 11 nitrogen and oxygen atoms in total. The number of hydrogen-bond acceptors (Lipinski definition) is 11. The van der Waals surface area contributed by atoms with Gasteiger partial charge in [-0.25, -0.2) is 0 Å². The molecule has 27 heavy (non-hydrogen) atoms. The van der Waals surface area contributed by atoms with E-state index in [0.717, 1.165) is 0 Å². The molecule has 2 saturated heterocycles. The molecule has 2 rings (SSSR count). The quantitative estimate of drug-likeness (QED) is 0.209. The number of aliphatic hydroxyl groups is 6. The van der Waals surface area contributed by atoms with Crippen molar-refractivity contribution >= 4 is 0 Å². The zero-order valence-electron chi connectivity index (χ0n) is 14.9. The largest absolute Gasteiger partial charge is 0.452 e. The minimum atomic E-state index is -1.64. The average Bonchev–Trinajstić information content (AvgIpc) is 2.64. The van der Waals surface area contributed by atoms with Crippen molar-refractivity contribution in [3.63, 3.8) is 0 Å². The molecule has 0 amide bonds. The second kappa shape index (κ2) is 9.24. The summed E-state index contributed by atoms with van der Waals surface area (Å²) in [4.78, 5) is 0. The Balaban J connectivity index is 2.01. The van der Waals surface area contributed by atoms with Gasteiger partial charge in [-0.15, -0.1) is 0 Å². The number of nitrogens with zero attached hydrogens (tertiary/aromatic N) is 1. The Bertz CT molecular complexity index is 574. The molecule has 154 valence electrons. The van der Waals surface area contributed by atoms with E-state index >= 15 is 0 Å². The molecule has 2 aliphatic heterocycles. The predicted molar refractivity (Wildman–Crippen MR) is 85.5 cm³/mol. The summed E-state index contributed by atoms with van der Waals surface area (Å²) in [5.41, 5.74) is 0.521. The van der Waals surface area contributed by atoms with Gasteiger partial charge in [0.25, 0.3) is 0 Å². The lowest BCUT2D eigenvalue weighted by Crippen LogP contribution is -2.60. The highest BCUT2D eigenvalue weighted by atomic mass is 16.7. The second-order valence-corrected chi connectivity index (χ2v) is 6.66.